The van der Waals surface area contributed by atoms with Gasteiger partial charge in [-0.15, -0.1) is 0 Å². The zero-order valence-electron chi connectivity index (χ0n) is 14.4. The number of hydrogen-bond acceptors (Lipinski definition) is 4. The van der Waals surface area contributed by atoms with Gasteiger partial charge in [-0.05, 0) is 45.6 Å². The Hall–Kier alpha value is -1.09. The second-order valence-electron chi connectivity index (χ2n) is 7.18. The van der Waals surface area contributed by atoms with Crippen molar-refractivity contribution in [3.63, 3.8) is 0 Å². The Labute approximate surface area is 139 Å². The summed E-state index contributed by atoms with van der Waals surface area (Å²) in [6.45, 7) is 7.61. The number of hydrogen-bond donors (Lipinski definition) is 2. The van der Waals surface area contributed by atoms with Gasteiger partial charge in [0.25, 0.3) is 0 Å². The lowest BCUT2D eigenvalue weighted by Gasteiger charge is -2.32. The van der Waals surface area contributed by atoms with E-state index in [9.17, 15) is 18.3 Å². The van der Waals surface area contributed by atoms with E-state index in [2.05, 4.69) is 0 Å². The number of aliphatic hydroxyl groups is 2. The highest BCUT2D eigenvalue weighted by atomic mass is 19.4. The summed E-state index contributed by atoms with van der Waals surface area (Å²) >= 11 is 0. The molecule has 0 aliphatic carbocycles. The Balaban J connectivity index is 2.48. The summed E-state index contributed by atoms with van der Waals surface area (Å²) in [4.78, 5) is 0. The Morgan fingerprint density at radius 1 is 1.08 bits per heavy atom. The standard InChI is InChI=1S/C16H22BF3O4/c1-10-6-7-11(15(22,9-21)16(18,19)20)8-12(10)17-23-13(2,3)14(4,5)24-17/h6-8,21-22H,9H2,1-5H3/t15-/m0/s1. The van der Waals surface area contributed by atoms with E-state index in [0.717, 1.165) is 6.07 Å². The molecule has 1 heterocycles. The Bertz CT molecular complexity index is 614. The molecule has 134 valence electrons. The van der Waals surface area contributed by atoms with E-state index >= 15 is 0 Å². The molecule has 1 aliphatic heterocycles. The number of aryl methyl sites for hydroxylation is 1. The summed E-state index contributed by atoms with van der Waals surface area (Å²) in [6, 6.07) is 3.77. The van der Waals surface area contributed by atoms with E-state index in [1.165, 1.54) is 12.1 Å². The van der Waals surface area contributed by atoms with Gasteiger partial charge in [0.1, 0.15) is 0 Å². The molecule has 0 saturated carbocycles. The minimum atomic E-state index is -5.01. The first-order chi connectivity index (χ1) is 10.7. The second-order valence-corrected chi connectivity index (χ2v) is 7.18. The highest BCUT2D eigenvalue weighted by Crippen LogP contribution is 2.40. The minimum absolute atomic E-state index is 0.391. The number of aliphatic hydroxyl groups excluding tert-OH is 1. The molecular formula is C16H22BF3O4. The predicted molar refractivity (Wildman–Crippen MR) is 83.9 cm³/mol. The molecule has 8 heteroatoms. The highest BCUT2D eigenvalue weighted by Gasteiger charge is 2.56. The van der Waals surface area contributed by atoms with Crippen LogP contribution in [0.4, 0.5) is 13.2 Å². The fourth-order valence-corrected chi connectivity index (χ4v) is 2.47. The van der Waals surface area contributed by atoms with Crippen molar-refractivity contribution in [1.82, 2.24) is 0 Å². The molecule has 2 rings (SSSR count). The molecular weight excluding hydrogens is 324 g/mol. The van der Waals surface area contributed by atoms with Gasteiger partial charge < -0.3 is 19.5 Å². The van der Waals surface area contributed by atoms with Gasteiger partial charge in [-0.1, -0.05) is 23.8 Å². The van der Waals surface area contributed by atoms with Crippen molar-refractivity contribution in [3.05, 3.63) is 29.3 Å². The Kier molecular flexibility index (Phi) is 4.59. The van der Waals surface area contributed by atoms with Gasteiger partial charge in [0.15, 0.2) is 0 Å². The van der Waals surface area contributed by atoms with Crippen molar-refractivity contribution in [2.45, 2.75) is 57.6 Å². The largest absolute Gasteiger partial charge is 0.495 e. The number of alkyl halides is 3. The summed E-state index contributed by atoms with van der Waals surface area (Å²) < 4.78 is 51.3. The highest BCUT2D eigenvalue weighted by molar-refractivity contribution is 6.62. The molecule has 0 aromatic heterocycles. The summed E-state index contributed by atoms with van der Waals surface area (Å²) in [6.07, 6.45) is -5.01. The third-order valence-corrected chi connectivity index (χ3v) is 4.96. The normalized spacial score (nSPS) is 22.5. The van der Waals surface area contributed by atoms with Gasteiger partial charge in [-0.3, -0.25) is 0 Å². The summed E-state index contributed by atoms with van der Waals surface area (Å²) in [5.74, 6) is 0. The van der Waals surface area contributed by atoms with E-state index in [-0.39, 0.29) is 0 Å². The topological polar surface area (TPSA) is 58.9 Å². The van der Waals surface area contributed by atoms with Crippen LogP contribution in [0, 0.1) is 6.92 Å². The first-order valence-electron chi connectivity index (χ1n) is 7.62. The van der Waals surface area contributed by atoms with E-state index in [0.29, 0.717) is 11.0 Å². The van der Waals surface area contributed by atoms with Crippen molar-refractivity contribution >= 4 is 12.6 Å². The number of halogens is 3. The maximum atomic E-state index is 13.2. The predicted octanol–water partition coefficient (Wildman–Crippen LogP) is 2.04. The monoisotopic (exact) mass is 346 g/mol. The fourth-order valence-electron chi connectivity index (χ4n) is 2.47. The second kappa shape index (κ2) is 5.73. The van der Waals surface area contributed by atoms with Crippen LogP contribution in [-0.2, 0) is 14.9 Å². The lowest BCUT2D eigenvalue weighted by atomic mass is 9.74. The average Bonchev–Trinajstić information content (AvgIpc) is 2.65. The maximum Gasteiger partial charge on any atom is 0.495 e. The molecule has 1 aliphatic rings. The van der Waals surface area contributed by atoms with Crippen LogP contribution >= 0.6 is 0 Å². The number of rotatable bonds is 3. The summed E-state index contributed by atoms with van der Waals surface area (Å²) in [7, 11) is -0.855. The molecule has 4 nitrogen and oxygen atoms in total. The fraction of sp³-hybridized carbons (Fsp3) is 0.625. The Morgan fingerprint density at radius 3 is 2.00 bits per heavy atom. The van der Waals surface area contributed by atoms with Crippen LogP contribution in [-0.4, -0.2) is 41.3 Å². The van der Waals surface area contributed by atoms with Crippen LogP contribution in [0.3, 0.4) is 0 Å². The van der Waals surface area contributed by atoms with Crippen molar-refractivity contribution in [2.75, 3.05) is 6.61 Å². The first-order valence-corrected chi connectivity index (χ1v) is 7.62. The van der Waals surface area contributed by atoms with Crippen LogP contribution in [0.25, 0.3) is 0 Å². The third kappa shape index (κ3) is 2.96. The SMILES string of the molecule is Cc1ccc([C@@](O)(CO)C(F)(F)F)cc1B1OC(C)(C)C(C)(C)O1. The van der Waals surface area contributed by atoms with Gasteiger partial charge in [0.05, 0.1) is 17.8 Å². The molecule has 1 fully saturated rings. The van der Waals surface area contributed by atoms with Crippen molar-refractivity contribution in [3.8, 4) is 0 Å². The molecule has 24 heavy (non-hydrogen) atoms. The molecule has 1 saturated heterocycles. The van der Waals surface area contributed by atoms with Crippen LogP contribution in [0.15, 0.2) is 18.2 Å². The van der Waals surface area contributed by atoms with Crippen LogP contribution < -0.4 is 5.46 Å². The minimum Gasteiger partial charge on any atom is -0.399 e. The molecule has 0 bridgehead atoms. The van der Waals surface area contributed by atoms with Crippen LogP contribution in [0.5, 0.6) is 0 Å². The van der Waals surface area contributed by atoms with Crippen molar-refractivity contribution < 1.29 is 32.7 Å². The quantitative estimate of drug-likeness (QED) is 0.823. The van der Waals surface area contributed by atoms with Gasteiger partial charge in [-0.25, -0.2) is 0 Å². The van der Waals surface area contributed by atoms with E-state index < -0.39 is 42.3 Å². The van der Waals surface area contributed by atoms with Crippen LogP contribution in [0.2, 0.25) is 0 Å². The third-order valence-electron chi connectivity index (χ3n) is 4.96. The number of benzene rings is 1. The van der Waals surface area contributed by atoms with E-state index in [4.69, 9.17) is 14.4 Å². The van der Waals surface area contributed by atoms with Crippen molar-refractivity contribution in [1.29, 1.82) is 0 Å². The van der Waals surface area contributed by atoms with Gasteiger partial charge in [0, 0.05) is 0 Å². The van der Waals surface area contributed by atoms with Crippen molar-refractivity contribution in [2.24, 2.45) is 0 Å². The molecule has 2 N–H and O–H groups in total. The molecule has 1 aromatic rings. The molecule has 0 radical (unpaired) electrons. The summed E-state index contributed by atoms with van der Waals surface area (Å²) in [5, 5.41) is 19.1. The zero-order chi connectivity index (χ0) is 18.6. The smallest absolute Gasteiger partial charge is 0.399 e. The van der Waals surface area contributed by atoms with Gasteiger partial charge in [-0.2, -0.15) is 13.2 Å². The van der Waals surface area contributed by atoms with Gasteiger partial charge in [0.2, 0.25) is 5.60 Å². The molecule has 0 spiro atoms. The van der Waals surface area contributed by atoms with Crippen LogP contribution in [0.1, 0.15) is 38.8 Å². The lowest BCUT2D eigenvalue weighted by molar-refractivity contribution is -0.277. The zero-order valence-corrected chi connectivity index (χ0v) is 14.4. The molecule has 1 aromatic carbocycles. The Morgan fingerprint density at radius 2 is 1.58 bits per heavy atom. The molecule has 0 amide bonds. The van der Waals surface area contributed by atoms with E-state index in [1.54, 1.807) is 6.92 Å². The summed E-state index contributed by atoms with van der Waals surface area (Å²) in [5.41, 5.74) is -4.01. The maximum absolute atomic E-state index is 13.2. The average molecular weight is 346 g/mol. The van der Waals surface area contributed by atoms with Gasteiger partial charge >= 0.3 is 13.3 Å². The first kappa shape index (κ1) is 19.2. The van der Waals surface area contributed by atoms with E-state index in [1.807, 2.05) is 27.7 Å². The lowest BCUT2D eigenvalue weighted by Crippen LogP contribution is -2.47. The molecule has 0 unspecified atom stereocenters. The molecule has 1 atom stereocenters.